The van der Waals surface area contributed by atoms with Crippen molar-refractivity contribution in [2.24, 2.45) is 0 Å². The zero-order valence-electron chi connectivity index (χ0n) is 15.3. The number of para-hydroxylation sites is 1. The molecule has 6 nitrogen and oxygen atoms in total. The smallest absolute Gasteiger partial charge is 0.248 e. The first-order chi connectivity index (χ1) is 13.7. The van der Waals surface area contributed by atoms with Crippen LogP contribution in [0.1, 0.15) is 18.4 Å². The molecule has 2 aromatic carbocycles. The summed E-state index contributed by atoms with van der Waals surface area (Å²) < 4.78 is 1.76. The van der Waals surface area contributed by atoms with Crippen molar-refractivity contribution < 1.29 is 9.59 Å². The average Bonchev–Trinajstić information content (AvgIpc) is 3.37. The van der Waals surface area contributed by atoms with Crippen molar-refractivity contribution in [3.8, 4) is 5.69 Å². The zero-order chi connectivity index (χ0) is 19.3. The standard InChI is InChI=1S/C22H20N4O2/c27-21(13-8-17-15-23-26(16-17)20-5-2-1-3-6-20)24-18-9-11-19(12-10-18)25-14-4-7-22(25)28/h1-3,5-6,8-13,15-16H,4,7,14H2,(H,24,27)/b13-8+. The van der Waals surface area contributed by atoms with Gasteiger partial charge in [-0.2, -0.15) is 5.10 Å². The minimum absolute atomic E-state index is 0.149. The number of rotatable bonds is 5. The number of carbonyl (C=O) groups is 2. The van der Waals surface area contributed by atoms with E-state index in [-0.39, 0.29) is 11.8 Å². The molecule has 0 aliphatic carbocycles. The Labute approximate surface area is 163 Å². The summed E-state index contributed by atoms with van der Waals surface area (Å²) in [6.07, 6.45) is 8.26. The summed E-state index contributed by atoms with van der Waals surface area (Å²) in [5, 5.41) is 7.13. The van der Waals surface area contributed by atoms with Crippen molar-refractivity contribution in [2.75, 3.05) is 16.8 Å². The number of nitrogens with zero attached hydrogens (tertiary/aromatic N) is 3. The van der Waals surface area contributed by atoms with E-state index in [4.69, 9.17) is 0 Å². The highest BCUT2D eigenvalue weighted by Crippen LogP contribution is 2.23. The summed E-state index contributed by atoms with van der Waals surface area (Å²) in [5.74, 6) is -0.0757. The summed E-state index contributed by atoms with van der Waals surface area (Å²) in [5.41, 5.74) is 3.35. The molecule has 1 aromatic heterocycles. The average molecular weight is 372 g/mol. The van der Waals surface area contributed by atoms with Crippen LogP contribution < -0.4 is 10.2 Å². The van der Waals surface area contributed by atoms with Crippen LogP contribution in [0, 0.1) is 0 Å². The van der Waals surface area contributed by atoms with Crippen LogP contribution in [0.3, 0.4) is 0 Å². The van der Waals surface area contributed by atoms with E-state index in [1.165, 1.54) is 6.08 Å². The molecule has 1 aliphatic heterocycles. The van der Waals surface area contributed by atoms with Gasteiger partial charge in [-0.25, -0.2) is 4.68 Å². The largest absolute Gasteiger partial charge is 0.323 e. The molecule has 0 bridgehead atoms. The van der Waals surface area contributed by atoms with Crippen molar-refractivity contribution in [2.45, 2.75) is 12.8 Å². The quantitative estimate of drug-likeness (QED) is 0.695. The minimum Gasteiger partial charge on any atom is -0.323 e. The lowest BCUT2D eigenvalue weighted by Crippen LogP contribution is -2.23. The molecular formula is C22H20N4O2. The number of amides is 2. The Morgan fingerprint density at radius 2 is 1.82 bits per heavy atom. The molecule has 0 saturated carbocycles. The first kappa shape index (κ1) is 17.7. The summed E-state index contributed by atoms with van der Waals surface area (Å²) in [6.45, 7) is 0.754. The maximum Gasteiger partial charge on any atom is 0.248 e. The molecule has 28 heavy (non-hydrogen) atoms. The fourth-order valence-electron chi connectivity index (χ4n) is 3.15. The molecule has 140 valence electrons. The van der Waals surface area contributed by atoms with Gasteiger partial charge in [-0.3, -0.25) is 9.59 Å². The molecule has 4 rings (SSSR count). The van der Waals surface area contributed by atoms with E-state index >= 15 is 0 Å². The minimum atomic E-state index is -0.225. The third-order valence-corrected chi connectivity index (χ3v) is 4.57. The Morgan fingerprint density at radius 1 is 1.04 bits per heavy atom. The van der Waals surface area contributed by atoms with Crippen LogP contribution >= 0.6 is 0 Å². The molecule has 2 heterocycles. The van der Waals surface area contributed by atoms with Crippen molar-refractivity contribution >= 4 is 29.3 Å². The maximum absolute atomic E-state index is 12.2. The highest BCUT2D eigenvalue weighted by Gasteiger charge is 2.21. The number of benzene rings is 2. The molecule has 1 saturated heterocycles. The van der Waals surface area contributed by atoms with Gasteiger partial charge in [0.2, 0.25) is 11.8 Å². The Morgan fingerprint density at radius 3 is 2.54 bits per heavy atom. The van der Waals surface area contributed by atoms with Crippen molar-refractivity contribution in [3.05, 3.63) is 78.6 Å². The predicted octanol–water partition coefficient (Wildman–Crippen LogP) is 3.65. The van der Waals surface area contributed by atoms with E-state index in [0.717, 1.165) is 29.9 Å². The third-order valence-electron chi connectivity index (χ3n) is 4.57. The summed E-state index contributed by atoms with van der Waals surface area (Å²) in [6, 6.07) is 17.1. The topological polar surface area (TPSA) is 67.2 Å². The molecule has 0 unspecified atom stereocenters. The van der Waals surface area contributed by atoms with Crippen LogP contribution in [0.4, 0.5) is 11.4 Å². The normalized spacial score (nSPS) is 14.0. The lowest BCUT2D eigenvalue weighted by atomic mass is 10.2. The second-order valence-electron chi connectivity index (χ2n) is 6.57. The number of hydrogen-bond acceptors (Lipinski definition) is 3. The van der Waals surface area contributed by atoms with Crippen LogP contribution in [0.2, 0.25) is 0 Å². The molecule has 2 amide bonds. The first-order valence-electron chi connectivity index (χ1n) is 9.19. The van der Waals surface area contributed by atoms with Crippen LogP contribution in [-0.4, -0.2) is 28.1 Å². The highest BCUT2D eigenvalue weighted by atomic mass is 16.2. The number of anilines is 2. The van der Waals surface area contributed by atoms with E-state index in [2.05, 4.69) is 10.4 Å². The Balaban J connectivity index is 1.36. The highest BCUT2D eigenvalue weighted by molar-refractivity contribution is 6.02. The summed E-state index contributed by atoms with van der Waals surface area (Å²) in [4.78, 5) is 25.7. The van der Waals surface area contributed by atoms with Crippen molar-refractivity contribution in [1.29, 1.82) is 0 Å². The lowest BCUT2D eigenvalue weighted by molar-refractivity contribution is -0.117. The van der Waals surface area contributed by atoms with E-state index in [1.54, 1.807) is 34.0 Å². The zero-order valence-corrected chi connectivity index (χ0v) is 15.3. The Kier molecular flexibility index (Phi) is 5.01. The second-order valence-corrected chi connectivity index (χ2v) is 6.57. The molecular weight excluding hydrogens is 352 g/mol. The van der Waals surface area contributed by atoms with Gasteiger partial charge in [0, 0.05) is 42.2 Å². The summed E-state index contributed by atoms with van der Waals surface area (Å²) in [7, 11) is 0. The van der Waals surface area contributed by atoms with Gasteiger partial charge in [-0.1, -0.05) is 18.2 Å². The molecule has 1 aliphatic rings. The van der Waals surface area contributed by atoms with Crippen molar-refractivity contribution in [1.82, 2.24) is 9.78 Å². The molecule has 0 atom stereocenters. The van der Waals surface area contributed by atoms with E-state index < -0.39 is 0 Å². The molecule has 6 heteroatoms. The maximum atomic E-state index is 12.2. The lowest BCUT2D eigenvalue weighted by Gasteiger charge is -2.15. The van der Waals surface area contributed by atoms with Crippen LogP contribution in [0.25, 0.3) is 11.8 Å². The monoisotopic (exact) mass is 372 g/mol. The Bertz CT molecular complexity index is 1010. The second kappa shape index (κ2) is 7.92. The molecule has 3 aromatic rings. The fourth-order valence-corrected chi connectivity index (χ4v) is 3.15. The van der Waals surface area contributed by atoms with Crippen molar-refractivity contribution in [3.63, 3.8) is 0 Å². The van der Waals surface area contributed by atoms with E-state index in [1.807, 2.05) is 48.7 Å². The van der Waals surface area contributed by atoms with Gasteiger partial charge >= 0.3 is 0 Å². The SMILES string of the molecule is O=C(/C=C/c1cnn(-c2ccccc2)c1)Nc1ccc(N2CCCC2=O)cc1. The van der Waals surface area contributed by atoms with Gasteiger partial charge in [0.25, 0.3) is 0 Å². The molecule has 1 fully saturated rings. The molecule has 1 N–H and O–H groups in total. The number of hydrogen-bond donors (Lipinski definition) is 1. The van der Waals surface area contributed by atoms with Gasteiger partial charge in [0.05, 0.1) is 11.9 Å². The Hall–Kier alpha value is -3.67. The van der Waals surface area contributed by atoms with Gasteiger partial charge in [-0.05, 0) is 48.9 Å². The molecule has 0 spiro atoms. The first-order valence-corrected chi connectivity index (χ1v) is 9.19. The van der Waals surface area contributed by atoms with Gasteiger partial charge in [-0.15, -0.1) is 0 Å². The van der Waals surface area contributed by atoms with Gasteiger partial charge in [0.1, 0.15) is 0 Å². The number of nitrogens with one attached hydrogen (secondary N) is 1. The van der Waals surface area contributed by atoms with Crippen LogP contribution in [0.5, 0.6) is 0 Å². The van der Waals surface area contributed by atoms with Crippen LogP contribution in [-0.2, 0) is 9.59 Å². The summed E-state index contributed by atoms with van der Waals surface area (Å²) >= 11 is 0. The van der Waals surface area contributed by atoms with Crippen LogP contribution in [0.15, 0.2) is 73.1 Å². The number of carbonyl (C=O) groups excluding carboxylic acids is 2. The third kappa shape index (κ3) is 4.01. The van der Waals surface area contributed by atoms with Gasteiger partial charge < -0.3 is 10.2 Å². The fraction of sp³-hybridized carbons (Fsp3) is 0.136. The number of aromatic nitrogens is 2. The predicted molar refractivity (Wildman–Crippen MR) is 109 cm³/mol. The van der Waals surface area contributed by atoms with E-state index in [0.29, 0.717) is 12.1 Å². The van der Waals surface area contributed by atoms with Gasteiger partial charge in [0.15, 0.2) is 0 Å². The molecule has 0 radical (unpaired) electrons. The van der Waals surface area contributed by atoms with E-state index in [9.17, 15) is 9.59 Å².